The largest absolute Gasteiger partial charge is 0.480 e. The number of carbonyl (C=O) groups is 4. The van der Waals surface area contributed by atoms with Gasteiger partial charge in [-0.25, -0.2) is 0 Å². The number of hydrogen-bond donors (Lipinski definition) is 4. The lowest BCUT2D eigenvalue weighted by atomic mass is 10.3. The van der Waals surface area contributed by atoms with Crippen LogP contribution in [0.3, 0.4) is 0 Å². The smallest absolute Gasteiger partial charge is 0.317 e. The lowest BCUT2D eigenvalue weighted by Gasteiger charge is -2.32. The van der Waals surface area contributed by atoms with Gasteiger partial charge in [-0.15, -0.1) is 5.10 Å². The number of aromatic nitrogens is 3. The SMILES string of the molecule is Cn1cc(CNC(=O)CN2CCN(CC(=O)O)CCN(CC(=O)O)CCN(CC(=O)O)CC2)nn1. The highest BCUT2D eigenvalue weighted by Gasteiger charge is 2.21. The third-order valence-electron chi connectivity index (χ3n) is 5.49. The number of aliphatic carboxylic acids is 3. The Kier molecular flexibility index (Phi) is 11.5. The second-order valence-corrected chi connectivity index (χ2v) is 8.45. The van der Waals surface area contributed by atoms with Crippen molar-refractivity contribution in [3.8, 4) is 0 Å². The van der Waals surface area contributed by atoms with E-state index in [1.54, 1.807) is 27.9 Å². The first-order valence-corrected chi connectivity index (χ1v) is 11.3. The van der Waals surface area contributed by atoms with Gasteiger partial charge in [0.2, 0.25) is 5.91 Å². The molecule has 1 aliphatic rings. The minimum absolute atomic E-state index is 0.0488. The van der Waals surface area contributed by atoms with Gasteiger partial charge in [-0.3, -0.25) is 43.5 Å². The molecule has 1 amide bonds. The zero-order chi connectivity index (χ0) is 25.8. The quantitative estimate of drug-likeness (QED) is 0.255. The van der Waals surface area contributed by atoms with Gasteiger partial charge in [0.1, 0.15) is 5.69 Å². The lowest BCUT2D eigenvalue weighted by Crippen LogP contribution is -2.49. The van der Waals surface area contributed by atoms with Crippen LogP contribution >= 0.6 is 0 Å². The van der Waals surface area contributed by atoms with Gasteiger partial charge in [0.05, 0.1) is 32.7 Å². The van der Waals surface area contributed by atoms with E-state index >= 15 is 0 Å². The summed E-state index contributed by atoms with van der Waals surface area (Å²) in [7, 11) is 1.72. The van der Waals surface area contributed by atoms with Crippen molar-refractivity contribution in [2.45, 2.75) is 6.54 Å². The summed E-state index contributed by atoms with van der Waals surface area (Å²) in [6.07, 6.45) is 1.69. The van der Waals surface area contributed by atoms with E-state index in [1.807, 2.05) is 4.90 Å². The number of nitrogens with one attached hydrogen (secondary N) is 1. The Morgan fingerprint density at radius 3 is 1.43 bits per heavy atom. The van der Waals surface area contributed by atoms with Gasteiger partial charge in [0.25, 0.3) is 0 Å². The van der Waals surface area contributed by atoms with E-state index in [2.05, 4.69) is 15.6 Å². The average molecular weight is 499 g/mol. The Labute approximate surface area is 202 Å². The Morgan fingerprint density at radius 1 is 0.743 bits per heavy atom. The van der Waals surface area contributed by atoms with E-state index in [4.69, 9.17) is 0 Å². The highest BCUT2D eigenvalue weighted by Crippen LogP contribution is 2.02. The summed E-state index contributed by atoms with van der Waals surface area (Å²) in [5.74, 6) is -3.25. The molecule has 0 atom stereocenters. The third kappa shape index (κ3) is 11.7. The molecule has 4 N–H and O–H groups in total. The molecule has 1 saturated heterocycles. The van der Waals surface area contributed by atoms with Crippen molar-refractivity contribution in [3.63, 3.8) is 0 Å². The molecule has 196 valence electrons. The van der Waals surface area contributed by atoms with Gasteiger partial charge in [0, 0.05) is 65.6 Å². The van der Waals surface area contributed by atoms with Crippen LogP contribution in [0.5, 0.6) is 0 Å². The fourth-order valence-corrected chi connectivity index (χ4v) is 3.71. The number of amides is 1. The standard InChI is InChI=1S/C20H34N8O7/c1-24-11-16(22-23-24)10-21-17(29)12-25-2-4-26(13-18(30)31)6-8-28(15-20(34)35)9-7-27(5-3-25)14-19(32)33/h11H,2-10,12-15H2,1H3,(H,21,29)(H,30,31)(H,32,33)(H,34,35). The van der Waals surface area contributed by atoms with Crippen LogP contribution in [-0.2, 0) is 32.8 Å². The molecule has 15 nitrogen and oxygen atoms in total. The molecule has 15 heteroatoms. The van der Waals surface area contributed by atoms with Crippen LogP contribution in [0, 0.1) is 0 Å². The van der Waals surface area contributed by atoms with Crippen molar-refractivity contribution in [3.05, 3.63) is 11.9 Å². The zero-order valence-corrected chi connectivity index (χ0v) is 19.9. The minimum atomic E-state index is -1.01. The first-order valence-electron chi connectivity index (χ1n) is 11.3. The summed E-state index contributed by atoms with van der Waals surface area (Å²) in [5.41, 5.74) is 0.612. The summed E-state index contributed by atoms with van der Waals surface area (Å²) >= 11 is 0. The van der Waals surface area contributed by atoms with Crippen LogP contribution in [0.2, 0.25) is 0 Å². The number of hydrogen-bond acceptors (Lipinski definition) is 10. The average Bonchev–Trinajstić information content (AvgIpc) is 3.18. The van der Waals surface area contributed by atoms with Crippen LogP contribution in [0.15, 0.2) is 6.20 Å². The van der Waals surface area contributed by atoms with E-state index in [9.17, 15) is 34.5 Å². The maximum Gasteiger partial charge on any atom is 0.317 e. The molecule has 0 aliphatic carbocycles. The second kappa shape index (κ2) is 14.3. The number of carboxylic acids is 3. The molecule has 2 heterocycles. The lowest BCUT2D eigenvalue weighted by molar-refractivity contribution is -0.140. The molecule has 0 saturated carbocycles. The molecular weight excluding hydrogens is 464 g/mol. The van der Waals surface area contributed by atoms with E-state index in [1.165, 1.54) is 4.68 Å². The summed E-state index contributed by atoms with van der Waals surface area (Å²) in [6.45, 7) is 2.38. The summed E-state index contributed by atoms with van der Waals surface area (Å²) in [6, 6.07) is 0. The number of carbonyl (C=O) groups excluding carboxylic acids is 1. The highest BCUT2D eigenvalue weighted by atomic mass is 16.4. The van der Waals surface area contributed by atoms with E-state index < -0.39 is 17.9 Å². The predicted molar refractivity (Wildman–Crippen MR) is 122 cm³/mol. The maximum atomic E-state index is 12.5. The number of nitrogens with zero attached hydrogens (tertiary/aromatic N) is 7. The Hall–Kier alpha value is -3.14. The second-order valence-electron chi connectivity index (χ2n) is 8.45. The summed E-state index contributed by atoms with van der Waals surface area (Å²) in [4.78, 5) is 53.4. The molecule has 35 heavy (non-hydrogen) atoms. The molecule has 1 fully saturated rings. The molecule has 0 aromatic carbocycles. The first kappa shape index (κ1) is 28.1. The van der Waals surface area contributed by atoms with Gasteiger partial charge in [-0.2, -0.15) is 0 Å². The molecule has 1 aromatic heterocycles. The third-order valence-corrected chi connectivity index (χ3v) is 5.49. The van der Waals surface area contributed by atoms with E-state index in [0.29, 0.717) is 58.1 Å². The van der Waals surface area contributed by atoms with Crippen LogP contribution in [0.1, 0.15) is 5.69 Å². The monoisotopic (exact) mass is 498 g/mol. The molecule has 2 rings (SSSR count). The topological polar surface area (TPSA) is 185 Å². The molecular formula is C20H34N8O7. The summed E-state index contributed by atoms with van der Waals surface area (Å²) in [5, 5.41) is 38.3. The molecule has 0 bridgehead atoms. The van der Waals surface area contributed by atoms with Gasteiger partial charge in [-0.1, -0.05) is 5.21 Å². The van der Waals surface area contributed by atoms with Crippen molar-refractivity contribution in [2.24, 2.45) is 7.05 Å². The molecule has 0 spiro atoms. The zero-order valence-electron chi connectivity index (χ0n) is 19.9. The molecule has 0 radical (unpaired) electrons. The Bertz CT molecular complexity index is 832. The van der Waals surface area contributed by atoms with Gasteiger partial charge in [-0.05, 0) is 0 Å². The normalized spacial score (nSPS) is 17.9. The number of carboxylic acid groups (broad SMARTS) is 3. The van der Waals surface area contributed by atoms with Gasteiger partial charge < -0.3 is 20.6 Å². The highest BCUT2D eigenvalue weighted by molar-refractivity contribution is 5.78. The fourth-order valence-electron chi connectivity index (χ4n) is 3.71. The van der Waals surface area contributed by atoms with Crippen molar-refractivity contribution >= 4 is 23.8 Å². The van der Waals surface area contributed by atoms with Crippen LogP contribution in [0.4, 0.5) is 0 Å². The van der Waals surface area contributed by atoms with Gasteiger partial charge in [0.15, 0.2) is 0 Å². The number of aryl methyl sites for hydroxylation is 1. The summed E-state index contributed by atoms with van der Waals surface area (Å²) < 4.78 is 1.53. The fraction of sp³-hybridized carbons (Fsp3) is 0.700. The van der Waals surface area contributed by atoms with Crippen molar-refractivity contribution in [1.29, 1.82) is 0 Å². The predicted octanol–water partition coefficient (Wildman–Crippen LogP) is -3.09. The maximum absolute atomic E-state index is 12.5. The minimum Gasteiger partial charge on any atom is -0.480 e. The Morgan fingerprint density at radius 2 is 1.11 bits per heavy atom. The first-order chi connectivity index (χ1) is 16.6. The van der Waals surface area contributed by atoms with Crippen molar-refractivity contribution in [2.75, 3.05) is 78.5 Å². The van der Waals surface area contributed by atoms with Gasteiger partial charge >= 0.3 is 17.9 Å². The van der Waals surface area contributed by atoms with Crippen LogP contribution in [0.25, 0.3) is 0 Å². The molecule has 1 aliphatic heterocycles. The Balaban J connectivity index is 2.06. The molecule has 1 aromatic rings. The van der Waals surface area contributed by atoms with Crippen LogP contribution < -0.4 is 5.32 Å². The van der Waals surface area contributed by atoms with E-state index in [0.717, 1.165) is 0 Å². The van der Waals surface area contributed by atoms with E-state index in [-0.39, 0.29) is 38.6 Å². The van der Waals surface area contributed by atoms with Crippen molar-refractivity contribution < 1.29 is 34.5 Å². The molecule has 0 unspecified atom stereocenters. The van der Waals surface area contributed by atoms with Crippen molar-refractivity contribution in [1.82, 2.24) is 39.9 Å². The number of rotatable bonds is 10. The van der Waals surface area contributed by atoms with Crippen LogP contribution in [-0.4, -0.2) is 152 Å².